The van der Waals surface area contributed by atoms with E-state index in [4.69, 9.17) is 0 Å². The molecule has 3 aliphatic carbocycles. The van der Waals surface area contributed by atoms with Gasteiger partial charge in [-0.2, -0.15) is 0 Å². The van der Waals surface area contributed by atoms with Crippen LogP contribution in [0, 0.1) is 11.3 Å². The summed E-state index contributed by atoms with van der Waals surface area (Å²) in [7, 11) is 0. The van der Waals surface area contributed by atoms with Crippen LogP contribution in [-0.2, 0) is 16.6 Å². The van der Waals surface area contributed by atoms with Gasteiger partial charge in [-0.15, -0.1) is 0 Å². The van der Waals surface area contributed by atoms with Crippen LogP contribution in [0.2, 0.25) is 0 Å². The Labute approximate surface area is 125 Å². The minimum atomic E-state index is 0.236. The molecular formula is C18H23NO2. The molecule has 0 heterocycles. The van der Waals surface area contributed by atoms with Crippen LogP contribution in [0.1, 0.15) is 49.7 Å². The largest absolute Gasteiger partial charge is 0.508 e. The number of nitrogens with one attached hydrogen (secondary N) is 1. The van der Waals surface area contributed by atoms with Crippen LogP contribution in [0.15, 0.2) is 18.2 Å². The molecule has 1 aromatic rings. The summed E-state index contributed by atoms with van der Waals surface area (Å²) in [6.45, 7) is 0.801. The second-order valence-corrected chi connectivity index (χ2v) is 7.50. The van der Waals surface area contributed by atoms with Gasteiger partial charge in [0.2, 0.25) is 6.41 Å². The van der Waals surface area contributed by atoms with Gasteiger partial charge in [0, 0.05) is 6.54 Å². The van der Waals surface area contributed by atoms with Gasteiger partial charge in [-0.25, -0.2) is 0 Å². The molecule has 4 rings (SSSR count). The van der Waals surface area contributed by atoms with Crippen molar-refractivity contribution < 1.29 is 9.90 Å². The second-order valence-electron chi connectivity index (χ2n) is 7.50. The maximum Gasteiger partial charge on any atom is 0.207 e. The average molecular weight is 285 g/mol. The smallest absolute Gasteiger partial charge is 0.207 e. The predicted molar refractivity (Wildman–Crippen MR) is 81.2 cm³/mol. The van der Waals surface area contributed by atoms with Crippen LogP contribution >= 0.6 is 0 Å². The molecule has 3 atom stereocenters. The normalized spacial score (nSPS) is 36.7. The third-order valence-corrected chi connectivity index (χ3v) is 6.33. The molecule has 1 amide bonds. The Morgan fingerprint density at radius 3 is 3.14 bits per heavy atom. The summed E-state index contributed by atoms with van der Waals surface area (Å²) in [5, 5.41) is 12.9. The SMILES string of the molecule is O=CNCC12Cc3ccc(O)cc3[C@@]3(CCCCC3C1)C2. The lowest BCUT2D eigenvalue weighted by atomic mass is 9.60. The topological polar surface area (TPSA) is 49.3 Å². The fourth-order valence-electron chi connectivity index (χ4n) is 5.73. The molecule has 3 heteroatoms. The monoisotopic (exact) mass is 285 g/mol. The molecule has 1 aromatic carbocycles. The molecule has 2 bridgehead atoms. The summed E-state index contributed by atoms with van der Waals surface area (Å²) in [5.74, 6) is 1.13. The Balaban J connectivity index is 1.82. The number of carbonyl (C=O) groups is 1. The van der Waals surface area contributed by atoms with E-state index in [-0.39, 0.29) is 10.8 Å². The van der Waals surface area contributed by atoms with Crippen LogP contribution in [0.5, 0.6) is 5.75 Å². The molecule has 21 heavy (non-hydrogen) atoms. The Kier molecular flexibility index (Phi) is 2.82. The average Bonchev–Trinajstić information content (AvgIpc) is 2.77. The zero-order chi connectivity index (χ0) is 14.5. The molecular weight excluding hydrogens is 262 g/mol. The van der Waals surface area contributed by atoms with E-state index in [1.807, 2.05) is 12.1 Å². The molecule has 112 valence electrons. The number of hydrogen-bond acceptors (Lipinski definition) is 2. The third kappa shape index (κ3) is 1.82. The number of amides is 1. The van der Waals surface area contributed by atoms with Gasteiger partial charge in [0.05, 0.1) is 0 Å². The first-order valence-electron chi connectivity index (χ1n) is 8.17. The van der Waals surface area contributed by atoms with Crippen molar-refractivity contribution in [1.82, 2.24) is 5.32 Å². The van der Waals surface area contributed by atoms with Crippen LogP contribution in [0.3, 0.4) is 0 Å². The molecule has 0 aromatic heterocycles. The lowest BCUT2D eigenvalue weighted by molar-refractivity contribution is -0.110. The Morgan fingerprint density at radius 1 is 1.38 bits per heavy atom. The van der Waals surface area contributed by atoms with E-state index >= 15 is 0 Å². The van der Waals surface area contributed by atoms with Gasteiger partial charge < -0.3 is 10.4 Å². The van der Waals surface area contributed by atoms with Gasteiger partial charge in [-0.05, 0) is 72.1 Å². The maximum absolute atomic E-state index is 10.8. The highest BCUT2D eigenvalue weighted by molar-refractivity contribution is 5.48. The van der Waals surface area contributed by atoms with Crippen LogP contribution in [-0.4, -0.2) is 18.1 Å². The Hall–Kier alpha value is -1.51. The molecule has 0 radical (unpaired) electrons. The molecule has 2 N–H and O–H groups in total. The first-order chi connectivity index (χ1) is 10.2. The van der Waals surface area contributed by atoms with Crippen molar-refractivity contribution >= 4 is 6.41 Å². The number of phenols is 1. The fraction of sp³-hybridized carbons (Fsp3) is 0.611. The van der Waals surface area contributed by atoms with Crippen LogP contribution < -0.4 is 5.32 Å². The molecule has 1 spiro atoms. The van der Waals surface area contributed by atoms with Crippen molar-refractivity contribution in [2.75, 3.05) is 6.54 Å². The number of rotatable bonds is 3. The van der Waals surface area contributed by atoms with Gasteiger partial charge in [0.1, 0.15) is 5.75 Å². The summed E-state index contributed by atoms with van der Waals surface area (Å²) in [5.41, 5.74) is 3.30. The predicted octanol–water partition coefficient (Wildman–Crippen LogP) is 2.90. The second kappa shape index (κ2) is 4.49. The van der Waals surface area contributed by atoms with Gasteiger partial charge in [-0.3, -0.25) is 4.79 Å². The highest BCUT2D eigenvalue weighted by Gasteiger charge is 2.58. The number of benzene rings is 1. The van der Waals surface area contributed by atoms with Gasteiger partial charge in [0.25, 0.3) is 0 Å². The first kappa shape index (κ1) is 13.2. The molecule has 3 nitrogen and oxygen atoms in total. The number of aromatic hydroxyl groups is 1. The van der Waals surface area contributed by atoms with Crippen molar-refractivity contribution in [2.24, 2.45) is 11.3 Å². The quantitative estimate of drug-likeness (QED) is 0.839. The zero-order valence-corrected chi connectivity index (χ0v) is 12.4. The number of phenolic OH excluding ortho intramolecular Hbond substituents is 1. The van der Waals surface area contributed by atoms with E-state index in [1.54, 1.807) is 0 Å². The van der Waals surface area contributed by atoms with Crippen LogP contribution in [0.4, 0.5) is 0 Å². The lowest BCUT2D eigenvalue weighted by Gasteiger charge is -2.45. The summed E-state index contributed by atoms with van der Waals surface area (Å²) < 4.78 is 0. The van der Waals surface area contributed by atoms with Gasteiger partial charge in [-0.1, -0.05) is 18.9 Å². The molecule has 0 aliphatic heterocycles. The summed E-state index contributed by atoms with van der Waals surface area (Å²) >= 11 is 0. The van der Waals surface area contributed by atoms with Gasteiger partial charge >= 0.3 is 0 Å². The number of hydrogen-bond donors (Lipinski definition) is 2. The lowest BCUT2D eigenvalue weighted by Crippen LogP contribution is -2.41. The van der Waals surface area contributed by atoms with Crippen molar-refractivity contribution in [3.63, 3.8) is 0 Å². The third-order valence-electron chi connectivity index (χ3n) is 6.33. The number of fused-ring (bicyclic) bond motifs is 2. The molecule has 2 saturated carbocycles. The van der Waals surface area contributed by atoms with E-state index in [0.717, 1.165) is 25.3 Å². The fourth-order valence-corrected chi connectivity index (χ4v) is 5.73. The first-order valence-corrected chi connectivity index (χ1v) is 8.17. The standard InChI is InChI=1S/C18H23NO2/c20-12-19-11-17-8-13-4-5-15(21)7-16(13)18(10-17)6-2-1-3-14(18)9-17/h4-5,7,12,14,21H,1-3,6,8-11H2,(H,19,20)/t14?,17?,18-/m0/s1. The highest BCUT2D eigenvalue weighted by Crippen LogP contribution is 2.64. The molecule has 2 unspecified atom stereocenters. The van der Waals surface area contributed by atoms with E-state index in [2.05, 4.69) is 11.4 Å². The van der Waals surface area contributed by atoms with E-state index < -0.39 is 0 Å². The molecule has 3 aliphatic rings. The Bertz CT molecular complexity index is 585. The van der Waals surface area contributed by atoms with Crippen molar-refractivity contribution in [2.45, 2.75) is 50.4 Å². The number of carbonyl (C=O) groups excluding carboxylic acids is 1. The van der Waals surface area contributed by atoms with Crippen molar-refractivity contribution in [1.29, 1.82) is 0 Å². The van der Waals surface area contributed by atoms with Crippen molar-refractivity contribution in [3.05, 3.63) is 29.3 Å². The van der Waals surface area contributed by atoms with Gasteiger partial charge in [0.15, 0.2) is 0 Å². The summed E-state index contributed by atoms with van der Waals surface area (Å²) in [6, 6.07) is 5.95. The zero-order valence-electron chi connectivity index (χ0n) is 12.4. The highest BCUT2D eigenvalue weighted by atomic mass is 16.3. The summed E-state index contributed by atoms with van der Waals surface area (Å²) in [6.07, 6.45) is 9.47. The maximum atomic E-state index is 10.8. The minimum Gasteiger partial charge on any atom is -0.508 e. The van der Waals surface area contributed by atoms with E-state index in [9.17, 15) is 9.90 Å². The summed E-state index contributed by atoms with van der Waals surface area (Å²) in [4.78, 5) is 10.8. The Morgan fingerprint density at radius 2 is 2.29 bits per heavy atom. The molecule has 2 fully saturated rings. The van der Waals surface area contributed by atoms with E-state index in [0.29, 0.717) is 5.75 Å². The van der Waals surface area contributed by atoms with Crippen molar-refractivity contribution in [3.8, 4) is 5.75 Å². The molecule has 0 saturated heterocycles. The van der Waals surface area contributed by atoms with E-state index in [1.165, 1.54) is 49.7 Å². The minimum absolute atomic E-state index is 0.236. The van der Waals surface area contributed by atoms with Crippen LogP contribution in [0.25, 0.3) is 0 Å².